The van der Waals surface area contributed by atoms with Gasteiger partial charge in [0.1, 0.15) is 0 Å². The standard InChI is InChI=1S/C29H32N2/c1-23-12-11-13-24(2)27(23)18-9-10-19-28(26-16-7-4-8-17-26)29-20-30-22-31(29)21-25-14-5-3-6-15-25/h3-8,11-17,20,22,28H,9-10,18-19,21H2,1-2H3. The number of rotatable bonds is 9. The summed E-state index contributed by atoms with van der Waals surface area (Å²) in [6, 6.07) is 28.2. The van der Waals surface area contributed by atoms with Crippen LogP contribution >= 0.6 is 0 Å². The van der Waals surface area contributed by atoms with E-state index in [1.165, 1.54) is 46.4 Å². The molecule has 1 unspecified atom stereocenters. The van der Waals surface area contributed by atoms with Gasteiger partial charge in [-0.05, 0) is 60.9 Å². The highest BCUT2D eigenvalue weighted by Gasteiger charge is 2.18. The molecule has 1 atom stereocenters. The average molecular weight is 409 g/mol. The first-order valence-electron chi connectivity index (χ1n) is 11.4. The highest BCUT2D eigenvalue weighted by Crippen LogP contribution is 2.30. The van der Waals surface area contributed by atoms with Crippen molar-refractivity contribution in [2.24, 2.45) is 0 Å². The maximum absolute atomic E-state index is 4.53. The Balaban J connectivity index is 1.49. The molecule has 4 aromatic rings. The molecule has 2 nitrogen and oxygen atoms in total. The number of aryl methyl sites for hydroxylation is 2. The van der Waals surface area contributed by atoms with Crippen LogP contribution in [0.25, 0.3) is 0 Å². The molecule has 1 heterocycles. The van der Waals surface area contributed by atoms with Crippen LogP contribution in [-0.4, -0.2) is 9.55 Å². The lowest BCUT2D eigenvalue weighted by molar-refractivity contribution is 0.589. The van der Waals surface area contributed by atoms with Gasteiger partial charge in [-0.3, -0.25) is 0 Å². The predicted octanol–water partition coefficient (Wildman–Crippen LogP) is 7.09. The smallest absolute Gasteiger partial charge is 0.0951 e. The molecule has 0 radical (unpaired) electrons. The van der Waals surface area contributed by atoms with Gasteiger partial charge in [-0.25, -0.2) is 4.98 Å². The molecular weight excluding hydrogens is 376 g/mol. The molecule has 1 aromatic heterocycles. The highest BCUT2D eigenvalue weighted by atomic mass is 15.0. The molecule has 2 heteroatoms. The van der Waals surface area contributed by atoms with Gasteiger partial charge in [0, 0.05) is 24.4 Å². The maximum atomic E-state index is 4.53. The molecule has 0 aliphatic carbocycles. The van der Waals surface area contributed by atoms with Crippen LogP contribution < -0.4 is 0 Å². The summed E-state index contributed by atoms with van der Waals surface area (Å²) in [5.41, 5.74) is 8.35. The topological polar surface area (TPSA) is 17.8 Å². The minimum atomic E-state index is 0.366. The van der Waals surface area contributed by atoms with Crippen LogP contribution in [0.4, 0.5) is 0 Å². The number of unbranched alkanes of at least 4 members (excludes halogenated alkanes) is 1. The molecular formula is C29H32N2. The van der Waals surface area contributed by atoms with Crippen LogP contribution in [-0.2, 0) is 13.0 Å². The van der Waals surface area contributed by atoms with Crippen molar-refractivity contribution in [3.63, 3.8) is 0 Å². The van der Waals surface area contributed by atoms with Crippen molar-refractivity contribution in [1.82, 2.24) is 9.55 Å². The molecule has 4 rings (SSSR count). The summed E-state index contributed by atoms with van der Waals surface area (Å²) >= 11 is 0. The van der Waals surface area contributed by atoms with Gasteiger partial charge in [-0.2, -0.15) is 0 Å². The van der Waals surface area contributed by atoms with E-state index in [-0.39, 0.29) is 0 Å². The third-order valence-corrected chi connectivity index (χ3v) is 6.31. The Kier molecular flexibility index (Phi) is 6.99. The van der Waals surface area contributed by atoms with Crippen molar-refractivity contribution < 1.29 is 0 Å². The number of aromatic nitrogens is 2. The average Bonchev–Trinajstić information content (AvgIpc) is 3.24. The summed E-state index contributed by atoms with van der Waals surface area (Å²) in [7, 11) is 0. The third-order valence-electron chi connectivity index (χ3n) is 6.31. The van der Waals surface area contributed by atoms with E-state index in [9.17, 15) is 0 Å². The van der Waals surface area contributed by atoms with Crippen molar-refractivity contribution >= 4 is 0 Å². The van der Waals surface area contributed by atoms with Crippen LogP contribution in [0.1, 0.15) is 58.7 Å². The number of hydrogen-bond acceptors (Lipinski definition) is 1. The number of benzene rings is 3. The van der Waals surface area contributed by atoms with Crippen LogP contribution in [0.15, 0.2) is 91.4 Å². The Morgan fingerprint density at radius 2 is 1.45 bits per heavy atom. The minimum absolute atomic E-state index is 0.366. The van der Waals surface area contributed by atoms with Crippen LogP contribution in [0.2, 0.25) is 0 Å². The highest BCUT2D eigenvalue weighted by molar-refractivity contribution is 5.33. The van der Waals surface area contributed by atoms with Crippen LogP contribution in [0.3, 0.4) is 0 Å². The molecule has 0 spiro atoms. The summed E-state index contributed by atoms with van der Waals surface area (Å²) in [5.74, 6) is 0.366. The summed E-state index contributed by atoms with van der Waals surface area (Å²) in [4.78, 5) is 4.53. The monoisotopic (exact) mass is 408 g/mol. The lowest BCUT2D eigenvalue weighted by atomic mass is 9.89. The molecule has 0 aliphatic rings. The zero-order chi connectivity index (χ0) is 21.5. The first kappa shape index (κ1) is 21.1. The van der Waals surface area contributed by atoms with Gasteiger partial charge in [0.25, 0.3) is 0 Å². The van der Waals surface area contributed by atoms with E-state index in [4.69, 9.17) is 0 Å². The van der Waals surface area contributed by atoms with Gasteiger partial charge in [0.2, 0.25) is 0 Å². The molecule has 31 heavy (non-hydrogen) atoms. The molecule has 158 valence electrons. The van der Waals surface area contributed by atoms with E-state index in [0.717, 1.165) is 19.4 Å². The quantitative estimate of drug-likeness (QED) is 0.270. The fraction of sp³-hybridized carbons (Fsp3) is 0.276. The lowest BCUT2D eigenvalue weighted by Crippen LogP contribution is -2.10. The first-order valence-corrected chi connectivity index (χ1v) is 11.4. The van der Waals surface area contributed by atoms with Gasteiger partial charge in [-0.1, -0.05) is 85.3 Å². The lowest BCUT2D eigenvalue weighted by Gasteiger charge is -2.20. The van der Waals surface area contributed by atoms with E-state index in [1.807, 2.05) is 6.33 Å². The Bertz CT molecular complexity index is 1060. The van der Waals surface area contributed by atoms with Gasteiger partial charge >= 0.3 is 0 Å². The maximum Gasteiger partial charge on any atom is 0.0951 e. The van der Waals surface area contributed by atoms with E-state index in [0.29, 0.717) is 5.92 Å². The second kappa shape index (κ2) is 10.3. The fourth-order valence-corrected chi connectivity index (χ4v) is 4.60. The zero-order valence-electron chi connectivity index (χ0n) is 18.7. The van der Waals surface area contributed by atoms with Crippen molar-refractivity contribution in [3.05, 3.63) is 125 Å². The molecule has 0 bridgehead atoms. The molecule has 0 fully saturated rings. The Hall–Kier alpha value is -3.13. The van der Waals surface area contributed by atoms with Crippen molar-refractivity contribution in [2.45, 2.75) is 52.0 Å². The molecule has 0 saturated carbocycles. The van der Waals surface area contributed by atoms with E-state index in [2.05, 4.69) is 108 Å². The Morgan fingerprint density at radius 1 is 0.774 bits per heavy atom. The first-order chi connectivity index (χ1) is 15.2. The normalized spacial score (nSPS) is 12.1. The summed E-state index contributed by atoms with van der Waals surface area (Å²) < 4.78 is 2.32. The van der Waals surface area contributed by atoms with E-state index in [1.54, 1.807) is 0 Å². The van der Waals surface area contributed by atoms with Gasteiger partial charge in [0.15, 0.2) is 0 Å². The van der Waals surface area contributed by atoms with Crippen molar-refractivity contribution in [1.29, 1.82) is 0 Å². The Morgan fingerprint density at radius 3 is 2.16 bits per heavy atom. The Labute approximate surface area is 186 Å². The predicted molar refractivity (Wildman–Crippen MR) is 130 cm³/mol. The number of nitrogens with zero attached hydrogens (tertiary/aromatic N) is 2. The van der Waals surface area contributed by atoms with Crippen LogP contribution in [0.5, 0.6) is 0 Å². The second-order valence-corrected chi connectivity index (χ2v) is 8.51. The molecule has 3 aromatic carbocycles. The zero-order valence-corrected chi connectivity index (χ0v) is 18.7. The summed E-state index contributed by atoms with van der Waals surface area (Å²) in [5, 5.41) is 0. The molecule has 0 N–H and O–H groups in total. The van der Waals surface area contributed by atoms with E-state index < -0.39 is 0 Å². The SMILES string of the molecule is Cc1cccc(C)c1CCCCC(c1ccccc1)c1cncn1Cc1ccccc1. The molecule has 0 saturated heterocycles. The third kappa shape index (κ3) is 5.32. The fourth-order valence-electron chi connectivity index (χ4n) is 4.60. The minimum Gasteiger partial charge on any atom is -0.330 e. The van der Waals surface area contributed by atoms with Gasteiger partial charge in [-0.15, -0.1) is 0 Å². The van der Waals surface area contributed by atoms with Gasteiger partial charge < -0.3 is 4.57 Å². The van der Waals surface area contributed by atoms with Crippen molar-refractivity contribution in [2.75, 3.05) is 0 Å². The largest absolute Gasteiger partial charge is 0.330 e. The molecule has 0 aliphatic heterocycles. The van der Waals surface area contributed by atoms with Gasteiger partial charge in [0.05, 0.1) is 6.33 Å². The summed E-state index contributed by atoms with van der Waals surface area (Å²) in [6.07, 6.45) is 8.74. The second-order valence-electron chi connectivity index (χ2n) is 8.51. The number of imidazole rings is 1. The molecule has 0 amide bonds. The summed E-state index contributed by atoms with van der Waals surface area (Å²) in [6.45, 7) is 5.33. The van der Waals surface area contributed by atoms with E-state index >= 15 is 0 Å². The van der Waals surface area contributed by atoms with Crippen LogP contribution in [0, 0.1) is 13.8 Å². The number of hydrogen-bond donors (Lipinski definition) is 0. The van der Waals surface area contributed by atoms with Crippen molar-refractivity contribution in [3.8, 4) is 0 Å².